The molecule has 3 N–H and O–H groups in total. The molecule has 0 amide bonds. The van der Waals surface area contributed by atoms with Gasteiger partial charge < -0.3 is 15.8 Å². The van der Waals surface area contributed by atoms with Crippen LogP contribution in [-0.4, -0.2) is 29.7 Å². The molecular weight excluding hydrogens is 212 g/mol. The van der Waals surface area contributed by atoms with Crippen molar-refractivity contribution in [1.82, 2.24) is 4.98 Å². The highest BCUT2D eigenvalue weighted by Crippen LogP contribution is 2.18. The van der Waals surface area contributed by atoms with E-state index in [4.69, 9.17) is 10.5 Å². The van der Waals surface area contributed by atoms with E-state index >= 15 is 0 Å². The van der Waals surface area contributed by atoms with Crippen LogP contribution in [0.1, 0.15) is 6.92 Å². The first-order valence-electron chi connectivity index (χ1n) is 4.87. The van der Waals surface area contributed by atoms with E-state index in [0.29, 0.717) is 25.6 Å². The summed E-state index contributed by atoms with van der Waals surface area (Å²) in [6.07, 6.45) is 0. The number of rotatable bonds is 6. The van der Waals surface area contributed by atoms with Gasteiger partial charge in [-0.3, -0.25) is 10.1 Å². The fourth-order valence-corrected chi connectivity index (χ4v) is 1.13. The standard InChI is InChI=1S/C9H14N4O3/c1-2-16-4-3-11-9-6-7(13(14)15)5-8(10)12-9/h5-6H,2-4H2,1H3,(H3,10,11,12). The van der Waals surface area contributed by atoms with Crippen molar-refractivity contribution in [1.29, 1.82) is 0 Å². The van der Waals surface area contributed by atoms with Gasteiger partial charge in [-0.1, -0.05) is 0 Å². The Morgan fingerprint density at radius 2 is 2.38 bits per heavy atom. The zero-order valence-corrected chi connectivity index (χ0v) is 8.97. The van der Waals surface area contributed by atoms with Crippen molar-refractivity contribution in [3.63, 3.8) is 0 Å². The summed E-state index contributed by atoms with van der Waals surface area (Å²) in [7, 11) is 0. The van der Waals surface area contributed by atoms with Crippen molar-refractivity contribution in [3.05, 3.63) is 22.2 Å². The average molecular weight is 226 g/mol. The molecule has 16 heavy (non-hydrogen) atoms. The topological polar surface area (TPSA) is 103 Å². The minimum atomic E-state index is -0.508. The van der Waals surface area contributed by atoms with Crippen LogP contribution in [0.3, 0.4) is 0 Å². The molecule has 1 aromatic heterocycles. The fourth-order valence-electron chi connectivity index (χ4n) is 1.13. The number of nitrogens with one attached hydrogen (secondary N) is 1. The predicted molar refractivity (Wildman–Crippen MR) is 60.3 cm³/mol. The molecule has 0 radical (unpaired) electrons. The Kier molecular flexibility index (Phi) is 4.46. The highest BCUT2D eigenvalue weighted by Gasteiger charge is 2.09. The molecule has 0 saturated carbocycles. The molecule has 1 rings (SSSR count). The second-order valence-electron chi connectivity index (χ2n) is 3.02. The van der Waals surface area contributed by atoms with E-state index in [-0.39, 0.29) is 11.5 Å². The third-order valence-corrected chi connectivity index (χ3v) is 1.80. The monoisotopic (exact) mass is 226 g/mol. The molecular formula is C9H14N4O3. The van der Waals surface area contributed by atoms with Gasteiger partial charge in [-0.15, -0.1) is 0 Å². The molecule has 7 nitrogen and oxygen atoms in total. The van der Waals surface area contributed by atoms with Crippen LogP contribution in [0.5, 0.6) is 0 Å². The maximum Gasteiger partial charge on any atom is 0.276 e. The van der Waals surface area contributed by atoms with Crippen LogP contribution in [0, 0.1) is 10.1 Å². The van der Waals surface area contributed by atoms with Gasteiger partial charge in [0.1, 0.15) is 11.6 Å². The van der Waals surface area contributed by atoms with Crippen molar-refractivity contribution in [3.8, 4) is 0 Å². The average Bonchev–Trinajstić information content (AvgIpc) is 2.23. The molecule has 88 valence electrons. The van der Waals surface area contributed by atoms with Crippen LogP contribution in [-0.2, 0) is 4.74 Å². The molecule has 1 heterocycles. The lowest BCUT2D eigenvalue weighted by Gasteiger charge is -2.06. The first kappa shape index (κ1) is 12.2. The van der Waals surface area contributed by atoms with E-state index in [1.54, 1.807) is 0 Å². The van der Waals surface area contributed by atoms with Crippen LogP contribution >= 0.6 is 0 Å². The zero-order valence-electron chi connectivity index (χ0n) is 8.97. The zero-order chi connectivity index (χ0) is 12.0. The van der Waals surface area contributed by atoms with Gasteiger partial charge in [0.2, 0.25) is 0 Å². The number of nitro groups is 1. The number of aromatic nitrogens is 1. The molecule has 0 spiro atoms. The number of pyridine rings is 1. The number of nitrogens with two attached hydrogens (primary N) is 1. The second-order valence-corrected chi connectivity index (χ2v) is 3.02. The second kappa shape index (κ2) is 5.86. The van der Waals surface area contributed by atoms with Crippen LogP contribution in [0.15, 0.2) is 12.1 Å². The minimum absolute atomic E-state index is 0.0774. The Morgan fingerprint density at radius 3 is 3.00 bits per heavy atom. The van der Waals surface area contributed by atoms with E-state index < -0.39 is 4.92 Å². The van der Waals surface area contributed by atoms with E-state index in [2.05, 4.69) is 10.3 Å². The Labute approximate surface area is 92.8 Å². The van der Waals surface area contributed by atoms with Crippen molar-refractivity contribution < 1.29 is 9.66 Å². The molecule has 0 unspecified atom stereocenters. The quantitative estimate of drug-likeness (QED) is 0.426. The summed E-state index contributed by atoms with van der Waals surface area (Å²) in [6.45, 7) is 3.57. The van der Waals surface area contributed by atoms with Gasteiger partial charge in [0, 0.05) is 13.2 Å². The Morgan fingerprint density at radius 1 is 1.62 bits per heavy atom. The van der Waals surface area contributed by atoms with E-state index in [9.17, 15) is 10.1 Å². The van der Waals surface area contributed by atoms with E-state index in [0.717, 1.165) is 0 Å². The third kappa shape index (κ3) is 3.70. The molecule has 0 aliphatic carbocycles. The van der Waals surface area contributed by atoms with E-state index in [1.165, 1.54) is 12.1 Å². The van der Waals surface area contributed by atoms with Gasteiger partial charge in [0.15, 0.2) is 0 Å². The summed E-state index contributed by atoms with van der Waals surface area (Å²) in [6, 6.07) is 2.55. The summed E-state index contributed by atoms with van der Waals surface area (Å²) in [4.78, 5) is 14.0. The number of anilines is 2. The highest BCUT2D eigenvalue weighted by molar-refractivity contribution is 5.52. The SMILES string of the molecule is CCOCCNc1cc([N+](=O)[O-])cc(N)n1. The summed E-state index contributed by atoms with van der Waals surface area (Å²) in [5.74, 6) is 0.500. The molecule has 0 aromatic carbocycles. The lowest BCUT2D eigenvalue weighted by atomic mass is 10.3. The highest BCUT2D eigenvalue weighted by atomic mass is 16.6. The molecule has 0 atom stereocenters. The van der Waals surface area contributed by atoms with Gasteiger partial charge >= 0.3 is 0 Å². The fraction of sp³-hybridized carbons (Fsp3) is 0.444. The maximum absolute atomic E-state index is 10.6. The Bertz CT molecular complexity index is 370. The number of nitrogens with zero attached hydrogens (tertiary/aromatic N) is 2. The Balaban J connectivity index is 2.62. The maximum atomic E-state index is 10.6. The van der Waals surface area contributed by atoms with Gasteiger partial charge in [0.25, 0.3) is 5.69 Å². The molecule has 7 heteroatoms. The van der Waals surface area contributed by atoms with Crippen molar-refractivity contribution in [2.45, 2.75) is 6.92 Å². The van der Waals surface area contributed by atoms with Crippen LogP contribution < -0.4 is 11.1 Å². The summed E-state index contributed by atoms with van der Waals surface area (Å²) in [5.41, 5.74) is 5.36. The van der Waals surface area contributed by atoms with Crippen LogP contribution in [0.2, 0.25) is 0 Å². The Hall–Kier alpha value is -1.89. The molecule has 0 fully saturated rings. The normalized spacial score (nSPS) is 10.1. The van der Waals surface area contributed by atoms with Crippen LogP contribution in [0.4, 0.5) is 17.3 Å². The molecule has 0 aliphatic rings. The molecule has 1 aromatic rings. The van der Waals surface area contributed by atoms with E-state index in [1.807, 2.05) is 6.92 Å². The van der Waals surface area contributed by atoms with Crippen molar-refractivity contribution >= 4 is 17.3 Å². The summed E-state index contributed by atoms with van der Waals surface area (Å²) >= 11 is 0. The lowest BCUT2D eigenvalue weighted by molar-refractivity contribution is -0.384. The van der Waals surface area contributed by atoms with Gasteiger partial charge in [-0.25, -0.2) is 4.98 Å². The number of hydrogen-bond acceptors (Lipinski definition) is 6. The number of nitrogen functional groups attached to an aromatic ring is 1. The smallest absolute Gasteiger partial charge is 0.276 e. The number of ether oxygens (including phenoxy) is 1. The largest absolute Gasteiger partial charge is 0.383 e. The first-order chi connectivity index (χ1) is 7.63. The lowest BCUT2D eigenvalue weighted by Crippen LogP contribution is -2.11. The number of hydrogen-bond donors (Lipinski definition) is 2. The van der Waals surface area contributed by atoms with Gasteiger partial charge in [0.05, 0.1) is 23.7 Å². The van der Waals surface area contributed by atoms with Crippen LogP contribution in [0.25, 0.3) is 0 Å². The summed E-state index contributed by atoms with van der Waals surface area (Å²) in [5, 5.41) is 13.4. The summed E-state index contributed by atoms with van der Waals surface area (Å²) < 4.78 is 5.11. The van der Waals surface area contributed by atoms with Gasteiger partial charge in [-0.05, 0) is 6.92 Å². The molecule has 0 saturated heterocycles. The molecule has 0 aliphatic heterocycles. The third-order valence-electron chi connectivity index (χ3n) is 1.80. The molecule has 0 bridgehead atoms. The first-order valence-corrected chi connectivity index (χ1v) is 4.87. The van der Waals surface area contributed by atoms with Crippen molar-refractivity contribution in [2.24, 2.45) is 0 Å². The minimum Gasteiger partial charge on any atom is -0.383 e. The predicted octanol–water partition coefficient (Wildman–Crippen LogP) is 1.02. The van der Waals surface area contributed by atoms with Gasteiger partial charge in [-0.2, -0.15) is 0 Å². The van der Waals surface area contributed by atoms with Crippen molar-refractivity contribution in [2.75, 3.05) is 30.8 Å².